The van der Waals surface area contributed by atoms with Crippen molar-refractivity contribution in [3.05, 3.63) is 105 Å². The second kappa shape index (κ2) is 8.89. The summed E-state index contributed by atoms with van der Waals surface area (Å²) in [6, 6.07) is 23.3. The normalized spacial score (nSPS) is 11.6. The number of hydrogen-bond donors (Lipinski definition) is 1. The van der Waals surface area contributed by atoms with Crippen LogP contribution in [0.25, 0.3) is 21.9 Å². The molecule has 2 heterocycles. The molecule has 3 aromatic carbocycles. The summed E-state index contributed by atoms with van der Waals surface area (Å²) in [5.41, 5.74) is 7.48. The number of halogens is 2. The van der Waals surface area contributed by atoms with E-state index in [1.807, 2.05) is 54.6 Å². The molecular formula is C26H19BrClN3O2. The number of hydrazone groups is 1. The predicted octanol–water partition coefficient (Wildman–Crippen LogP) is 6.92. The molecule has 33 heavy (non-hydrogen) atoms. The van der Waals surface area contributed by atoms with E-state index in [1.165, 1.54) is 0 Å². The van der Waals surface area contributed by atoms with Gasteiger partial charge in [-0.2, -0.15) is 5.10 Å². The fourth-order valence-electron chi connectivity index (χ4n) is 3.93. The van der Waals surface area contributed by atoms with Gasteiger partial charge in [0.15, 0.2) is 5.76 Å². The highest BCUT2D eigenvalue weighted by Gasteiger charge is 2.14. The summed E-state index contributed by atoms with van der Waals surface area (Å²) < 4.78 is 8.80. The van der Waals surface area contributed by atoms with Crippen molar-refractivity contribution in [1.29, 1.82) is 0 Å². The van der Waals surface area contributed by atoms with E-state index in [9.17, 15) is 4.79 Å². The van der Waals surface area contributed by atoms with Gasteiger partial charge >= 0.3 is 5.91 Å². The van der Waals surface area contributed by atoms with Crippen LogP contribution in [0, 0.1) is 6.92 Å². The average Bonchev–Trinajstić information content (AvgIpc) is 3.35. The highest BCUT2D eigenvalue weighted by molar-refractivity contribution is 9.10. The summed E-state index contributed by atoms with van der Waals surface area (Å²) >= 11 is 9.46. The molecule has 0 saturated heterocycles. The van der Waals surface area contributed by atoms with Crippen LogP contribution in [0.1, 0.15) is 27.4 Å². The molecule has 0 spiro atoms. The number of para-hydroxylation sites is 1. The molecule has 1 N–H and O–H groups in total. The second-order valence-electron chi connectivity index (χ2n) is 7.72. The summed E-state index contributed by atoms with van der Waals surface area (Å²) in [4.78, 5) is 12.6. The number of amides is 1. The molecule has 2 aromatic heterocycles. The van der Waals surface area contributed by atoms with Crippen molar-refractivity contribution in [3.8, 4) is 0 Å². The smallest absolute Gasteiger partial charge is 0.307 e. The lowest BCUT2D eigenvalue weighted by atomic mass is 10.1. The molecule has 0 unspecified atom stereocenters. The number of aromatic nitrogens is 1. The van der Waals surface area contributed by atoms with Crippen LogP contribution in [0.3, 0.4) is 0 Å². The summed E-state index contributed by atoms with van der Waals surface area (Å²) in [7, 11) is 0. The molecular weight excluding hydrogens is 502 g/mol. The van der Waals surface area contributed by atoms with Gasteiger partial charge in [-0.1, -0.05) is 57.9 Å². The van der Waals surface area contributed by atoms with Crippen LogP contribution in [0.2, 0.25) is 5.02 Å². The third-order valence-electron chi connectivity index (χ3n) is 5.60. The Morgan fingerprint density at radius 2 is 1.91 bits per heavy atom. The molecule has 0 bridgehead atoms. The van der Waals surface area contributed by atoms with Crippen LogP contribution < -0.4 is 5.43 Å². The molecule has 0 radical (unpaired) electrons. The Labute approximate surface area is 203 Å². The molecule has 0 aliphatic heterocycles. The number of nitrogens with one attached hydrogen (secondary N) is 1. The van der Waals surface area contributed by atoms with E-state index in [1.54, 1.807) is 12.3 Å². The first kappa shape index (κ1) is 21.5. The maximum absolute atomic E-state index is 12.6. The molecule has 5 aromatic rings. The van der Waals surface area contributed by atoms with Gasteiger partial charge in [-0.05, 0) is 55.0 Å². The zero-order valence-corrected chi connectivity index (χ0v) is 20.0. The number of carbonyl (C=O) groups is 1. The number of furan rings is 1. The molecule has 164 valence electrons. The first-order valence-electron chi connectivity index (χ1n) is 10.3. The lowest BCUT2D eigenvalue weighted by Crippen LogP contribution is -2.16. The van der Waals surface area contributed by atoms with Crippen molar-refractivity contribution < 1.29 is 9.21 Å². The zero-order chi connectivity index (χ0) is 22.9. The highest BCUT2D eigenvalue weighted by atomic mass is 79.9. The van der Waals surface area contributed by atoms with Crippen LogP contribution in [0.5, 0.6) is 0 Å². The first-order valence-corrected chi connectivity index (χ1v) is 11.5. The van der Waals surface area contributed by atoms with Crippen molar-refractivity contribution in [2.24, 2.45) is 5.10 Å². The molecule has 0 atom stereocenters. The number of nitrogens with zero attached hydrogens (tertiary/aromatic N) is 2. The molecule has 0 aliphatic carbocycles. The SMILES string of the molecule is Cc1c(/C=N/NC(=O)c2cc3cc(Br)ccc3o2)c2ccccc2n1Cc1ccc(Cl)cc1. The first-order chi connectivity index (χ1) is 16.0. The van der Waals surface area contributed by atoms with Crippen molar-refractivity contribution in [1.82, 2.24) is 9.99 Å². The Balaban J connectivity index is 1.41. The molecule has 5 nitrogen and oxygen atoms in total. The summed E-state index contributed by atoms with van der Waals surface area (Å²) in [6.07, 6.45) is 1.69. The van der Waals surface area contributed by atoms with Gasteiger partial charge in [0.1, 0.15) is 5.58 Å². The van der Waals surface area contributed by atoms with Crippen molar-refractivity contribution in [2.45, 2.75) is 13.5 Å². The Bertz CT molecular complexity index is 1520. The second-order valence-corrected chi connectivity index (χ2v) is 9.07. The van der Waals surface area contributed by atoms with Crippen LogP contribution in [0.4, 0.5) is 0 Å². The molecule has 7 heteroatoms. The standard InChI is InChI=1S/C26H19BrClN3O2/c1-16-22(14-29-30-26(32)25-13-18-12-19(27)8-11-24(18)33-25)21-4-2-3-5-23(21)31(16)15-17-6-9-20(28)10-7-17/h2-14H,15H2,1H3,(H,30,32)/b29-14+. The summed E-state index contributed by atoms with van der Waals surface area (Å²) in [5.74, 6) is -0.191. The Morgan fingerprint density at radius 3 is 2.73 bits per heavy atom. The molecule has 0 fully saturated rings. The number of hydrogen-bond acceptors (Lipinski definition) is 3. The van der Waals surface area contributed by atoms with E-state index in [0.29, 0.717) is 17.2 Å². The summed E-state index contributed by atoms with van der Waals surface area (Å²) in [6.45, 7) is 2.76. The van der Waals surface area contributed by atoms with Crippen LogP contribution >= 0.6 is 27.5 Å². The van der Waals surface area contributed by atoms with Crippen molar-refractivity contribution in [3.63, 3.8) is 0 Å². The van der Waals surface area contributed by atoms with E-state index in [-0.39, 0.29) is 5.76 Å². The number of carbonyl (C=O) groups excluding carboxylic acids is 1. The third kappa shape index (κ3) is 4.32. The molecule has 0 saturated carbocycles. The van der Waals surface area contributed by atoms with E-state index in [0.717, 1.165) is 37.6 Å². The minimum Gasteiger partial charge on any atom is -0.451 e. The average molecular weight is 521 g/mol. The number of rotatable bonds is 5. The predicted molar refractivity (Wildman–Crippen MR) is 136 cm³/mol. The Morgan fingerprint density at radius 1 is 1.12 bits per heavy atom. The quantitative estimate of drug-likeness (QED) is 0.202. The van der Waals surface area contributed by atoms with Crippen LogP contribution in [-0.4, -0.2) is 16.7 Å². The third-order valence-corrected chi connectivity index (χ3v) is 6.34. The zero-order valence-electron chi connectivity index (χ0n) is 17.7. The number of fused-ring (bicyclic) bond motifs is 2. The van der Waals surface area contributed by atoms with Gasteiger partial charge in [0.25, 0.3) is 0 Å². The van der Waals surface area contributed by atoms with Crippen molar-refractivity contribution in [2.75, 3.05) is 0 Å². The van der Waals surface area contributed by atoms with Gasteiger partial charge in [0, 0.05) is 43.6 Å². The van der Waals surface area contributed by atoms with E-state index < -0.39 is 5.91 Å². The van der Waals surface area contributed by atoms with Crippen molar-refractivity contribution >= 4 is 61.5 Å². The fraction of sp³-hybridized carbons (Fsp3) is 0.0769. The molecule has 1 amide bonds. The maximum Gasteiger partial charge on any atom is 0.307 e. The highest BCUT2D eigenvalue weighted by Crippen LogP contribution is 2.26. The van der Waals surface area contributed by atoms with Gasteiger partial charge in [-0.25, -0.2) is 5.43 Å². The van der Waals surface area contributed by atoms with E-state index in [4.69, 9.17) is 16.0 Å². The lowest BCUT2D eigenvalue weighted by Gasteiger charge is -2.09. The largest absolute Gasteiger partial charge is 0.451 e. The van der Waals surface area contributed by atoms with Gasteiger partial charge in [-0.3, -0.25) is 4.79 Å². The van der Waals surface area contributed by atoms with Gasteiger partial charge in [0.05, 0.1) is 6.21 Å². The lowest BCUT2D eigenvalue weighted by molar-refractivity contribution is 0.0929. The van der Waals surface area contributed by atoms with E-state index >= 15 is 0 Å². The topological polar surface area (TPSA) is 59.5 Å². The van der Waals surface area contributed by atoms with E-state index in [2.05, 4.69) is 50.1 Å². The van der Waals surface area contributed by atoms with Gasteiger partial charge in [0.2, 0.25) is 0 Å². The maximum atomic E-state index is 12.6. The number of benzene rings is 3. The monoisotopic (exact) mass is 519 g/mol. The summed E-state index contributed by atoms with van der Waals surface area (Å²) in [5, 5.41) is 6.85. The van der Waals surface area contributed by atoms with Gasteiger partial charge in [-0.15, -0.1) is 0 Å². The molecule has 5 rings (SSSR count). The fourth-order valence-corrected chi connectivity index (χ4v) is 4.44. The Hall–Kier alpha value is -3.35. The van der Waals surface area contributed by atoms with Crippen LogP contribution in [-0.2, 0) is 6.54 Å². The Kier molecular flexibility index (Phi) is 5.79. The minimum absolute atomic E-state index is 0.210. The minimum atomic E-state index is -0.402. The van der Waals surface area contributed by atoms with Crippen LogP contribution in [0.15, 0.2) is 86.8 Å². The molecule has 0 aliphatic rings. The van der Waals surface area contributed by atoms with Gasteiger partial charge < -0.3 is 8.98 Å².